The fraction of sp³-hybridized carbons (Fsp3) is 0.167. The van der Waals surface area contributed by atoms with Gasteiger partial charge in [0.05, 0.1) is 34.6 Å². The molecule has 7 heteroatoms. The Balaban J connectivity index is 0.000000329. The van der Waals surface area contributed by atoms with Crippen molar-refractivity contribution < 1.29 is 35.9 Å². The summed E-state index contributed by atoms with van der Waals surface area (Å²) in [5.41, 5.74) is 2.35. The van der Waals surface area contributed by atoms with Crippen LogP contribution in [0.4, 0.5) is 0 Å². The van der Waals surface area contributed by atoms with Crippen molar-refractivity contribution in [2.45, 2.75) is 11.5 Å². The van der Waals surface area contributed by atoms with E-state index in [4.69, 9.17) is 18.9 Å². The van der Waals surface area contributed by atoms with Crippen molar-refractivity contribution in [3.63, 3.8) is 0 Å². The van der Waals surface area contributed by atoms with E-state index in [1.165, 1.54) is 21.5 Å². The number of rotatable bonds is 10. The number of alkyl halides is 1. The van der Waals surface area contributed by atoms with Crippen molar-refractivity contribution in [3.8, 4) is 23.0 Å². The van der Waals surface area contributed by atoms with Crippen LogP contribution in [0, 0.1) is 0 Å². The molecule has 0 saturated carbocycles. The molecule has 0 aliphatic rings. The third-order valence-electron chi connectivity index (χ3n) is 6.99. The second kappa shape index (κ2) is 17.1. The minimum atomic E-state index is -1.95. The predicted octanol–water partition coefficient (Wildman–Crippen LogP) is 4.80. The van der Waals surface area contributed by atoms with Gasteiger partial charge in [0, 0.05) is 17.5 Å². The van der Waals surface area contributed by atoms with E-state index in [0.29, 0.717) is 0 Å². The van der Waals surface area contributed by atoms with E-state index in [1.54, 1.807) is 28.4 Å². The Morgan fingerprint density at radius 1 is 0.465 bits per heavy atom. The standard InChI is InChI=1S/C27H26O2P.C9H11BrO2.BrH/c1-28-23-18-22(19-24(20-23)29-2)21-30(25-12-6-3-7-13-25,26-14-8-4-9-15-26)27-16-10-5-11-17-27;1-11-8-3-7(6-10)4-9(5-8)12-2;/h3-20H,21H2,1-2H3;3-5H,6H2,1-2H3;1H/q+1;;/p-1. The van der Waals surface area contributed by atoms with Crippen LogP contribution in [0.15, 0.2) is 127 Å². The zero-order valence-electron chi connectivity index (χ0n) is 24.9. The highest BCUT2D eigenvalue weighted by Gasteiger charge is 2.45. The first-order valence-electron chi connectivity index (χ1n) is 13.6. The van der Waals surface area contributed by atoms with Gasteiger partial charge in [-0.15, -0.1) is 0 Å². The van der Waals surface area contributed by atoms with Crippen LogP contribution in [0.3, 0.4) is 0 Å². The minimum absolute atomic E-state index is 0. The molecular formula is C36H37Br2O4P. The summed E-state index contributed by atoms with van der Waals surface area (Å²) in [5.74, 6) is 3.28. The Kier molecular flexibility index (Phi) is 13.6. The van der Waals surface area contributed by atoms with Crippen molar-refractivity contribution >= 4 is 39.1 Å². The van der Waals surface area contributed by atoms with Crippen LogP contribution in [-0.4, -0.2) is 28.4 Å². The molecule has 5 rings (SSSR count). The van der Waals surface area contributed by atoms with Crippen molar-refractivity contribution in [2.24, 2.45) is 0 Å². The summed E-state index contributed by atoms with van der Waals surface area (Å²) < 4.78 is 21.3. The maximum Gasteiger partial charge on any atom is 0.122 e. The Hall–Kier alpha value is -3.31. The van der Waals surface area contributed by atoms with Crippen LogP contribution in [0.5, 0.6) is 23.0 Å². The highest BCUT2D eigenvalue weighted by atomic mass is 79.9. The number of hydrogen-bond donors (Lipinski definition) is 0. The average molecular weight is 724 g/mol. The molecule has 0 fully saturated rings. The molecule has 224 valence electrons. The number of methoxy groups -OCH3 is 4. The topological polar surface area (TPSA) is 36.9 Å². The van der Waals surface area contributed by atoms with Crippen molar-refractivity contribution in [2.75, 3.05) is 28.4 Å². The van der Waals surface area contributed by atoms with Crippen molar-refractivity contribution in [1.29, 1.82) is 0 Å². The molecule has 0 bridgehead atoms. The monoisotopic (exact) mass is 722 g/mol. The summed E-state index contributed by atoms with van der Waals surface area (Å²) in [6.45, 7) is 0. The summed E-state index contributed by atoms with van der Waals surface area (Å²) >= 11 is 3.37. The Morgan fingerprint density at radius 2 is 0.767 bits per heavy atom. The second-order valence-electron chi connectivity index (χ2n) is 9.55. The predicted molar refractivity (Wildman–Crippen MR) is 181 cm³/mol. The fourth-order valence-corrected chi connectivity index (χ4v) is 9.48. The lowest BCUT2D eigenvalue weighted by Crippen LogP contribution is -3.00. The van der Waals surface area contributed by atoms with Crippen molar-refractivity contribution in [1.82, 2.24) is 0 Å². The maximum absolute atomic E-state index is 5.56. The maximum atomic E-state index is 5.56. The Labute approximate surface area is 275 Å². The van der Waals surface area contributed by atoms with E-state index < -0.39 is 7.26 Å². The zero-order valence-corrected chi connectivity index (χ0v) is 28.9. The number of benzene rings is 5. The molecule has 0 atom stereocenters. The molecule has 5 aromatic rings. The quantitative estimate of drug-likeness (QED) is 0.153. The fourth-order valence-electron chi connectivity index (χ4n) is 4.94. The largest absolute Gasteiger partial charge is 1.00 e. The molecule has 43 heavy (non-hydrogen) atoms. The second-order valence-corrected chi connectivity index (χ2v) is 13.6. The molecule has 0 aliphatic heterocycles. The van der Waals surface area contributed by atoms with Gasteiger partial charge >= 0.3 is 0 Å². The van der Waals surface area contributed by atoms with Gasteiger partial charge in [0.25, 0.3) is 0 Å². The minimum Gasteiger partial charge on any atom is -1.00 e. The lowest BCUT2D eigenvalue weighted by atomic mass is 10.2. The highest BCUT2D eigenvalue weighted by Crippen LogP contribution is 2.58. The van der Waals surface area contributed by atoms with Gasteiger partial charge in [-0.3, -0.25) is 0 Å². The van der Waals surface area contributed by atoms with E-state index in [0.717, 1.165) is 40.1 Å². The van der Waals surface area contributed by atoms with Gasteiger partial charge in [0.2, 0.25) is 0 Å². The molecular weight excluding hydrogens is 687 g/mol. The van der Waals surface area contributed by atoms with Gasteiger partial charge in [0.15, 0.2) is 0 Å². The molecule has 5 aromatic carbocycles. The summed E-state index contributed by atoms with van der Waals surface area (Å²) in [7, 11) is 4.75. The molecule has 0 heterocycles. The normalized spacial score (nSPS) is 10.4. The smallest absolute Gasteiger partial charge is 0.122 e. The summed E-state index contributed by atoms with van der Waals surface area (Å²) in [5, 5.41) is 4.90. The number of halogens is 2. The zero-order chi connectivity index (χ0) is 29.8. The SMILES string of the molecule is COc1cc(CBr)cc(OC)c1.COc1cc(C[P+](c2ccccc2)(c2ccccc2)c2ccccc2)cc(OC)c1.[Br-]. The summed E-state index contributed by atoms with van der Waals surface area (Å²) in [6.07, 6.45) is 0.887. The molecule has 4 nitrogen and oxygen atoms in total. The van der Waals surface area contributed by atoms with Crippen LogP contribution in [0.25, 0.3) is 0 Å². The Bertz CT molecular complexity index is 1360. The third kappa shape index (κ3) is 8.63. The molecule has 0 amide bonds. The van der Waals surface area contributed by atoms with Gasteiger partial charge in [-0.1, -0.05) is 70.5 Å². The Morgan fingerprint density at radius 3 is 1.05 bits per heavy atom. The van der Waals surface area contributed by atoms with Gasteiger partial charge in [-0.25, -0.2) is 0 Å². The molecule has 0 aromatic heterocycles. The number of hydrogen-bond acceptors (Lipinski definition) is 4. The lowest BCUT2D eigenvalue weighted by Gasteiger charge is -2.28. The first kappa shape index (κ1) is 34.2. The van der Waals surface area contributed by atoms with Crippen LogP contribution >= 0.6 is 23.2 Å². The van der Waals surface area contributed by atoms with Crippen LogP contribution in [-0.2, 0) is 11.5 Å². The van der Waals surface area contributed by atoms with E-state index in [1.807, 2.05) is 24.3 Å². The molecule has 0 saturated heterocycles. The van der Waals surface area contributed by atoms with Crippen molar-refractivity contribution in [3.05, 3.63) is 139 Å². The molecule has 0 unspecified atom stereocenters. The van der Waals surface area contributed by atoms with Gasteiger partial charge in [0.1, 0.15) is 46.2 Å². The van der Waals surface area contributed by atoms with E-state index >= 15 is 0 Å². The molecule has 0 N–H and O–H groups in total. The van der Waals surface area contributed by atoms with Crippen LogP contribution in [0.1, 0.15) is 11.1 Å². The highest BCUT2D eigenvalue weighted by molar-refractivity contribution is 9.08. The first-order chi connectivity index (χ1) is 20.6. The van der Waals surface area contributed by atoms with Crippen LogP contribution < -0.4 is 51.8 Å². The van der Waals surface area contributed by atoms with Gasteiger partial charge in [-0.05, 0) is 71.8 Å². The average Bonchev–Trinajstić information content (AvgIpc) is 3.08. The molecule has 0 radical (unpaired) electrons. The molecule has 0 aliphatic carbocycles. The van der Waals surface area contributed by atoms with Gasteiger partial charge in [-0.2, -0.15) is 0 Å². The number of ether oxygens (including phenoxy) is 4. The summed E-state index contributed by atoms with van der Waals surface area (Å²) in [4.78, 5) is 0. The van der Waals surface area contributed by atoms with E-state index in [-0.39, 0.29) is 17.0 Å². The summed E-state index contributed by atoms with van der Waals surface area (Å²) in [6, 6.07) is 44.7. The lowest BCUT2D eigenvalue weighted by molar-refractivity contribution is -0.00000967. The third-order valence-corrected chi connectivity index (χ3v) is 12.0. The van der Waals surface area contributed by atoms with Gasteiger partial charge < -0.3 is 35.9 Å². The van der Waals surface area contributed by atoms with Crippen LogP contribution in [0.2, 0.25) is 0 Å². The van der Waals surface area contributed by atoms with E-state index in [2.05, 4.69) is 119 Å². The molecule has 0 spiro atoms. The first-order valence-corrected chi connectivity index (χ1v) is 16.7. The van der Waals surface area contributed by atoms with E-state index in [9.17, 15) is 0 Å².